The first kappa shape index (κ1) is 20.8. The Labute approximate surface area is 168 Å². The fraction of sp³-hybridized carbons (Fsp3) is 0.522. The van der Waals surface area contributed by atoms with Gasteiger partial charge in [0.15, 0.2) is 0 Å². The Balaban J connectivity index is 2.01. The molecule has 2 aromatic rings. The second kappa shape index (κ2) is 8.19. The minimum absolute atomic E-state index is 0.299. The lowest BCUT2D eigenvalue weighted by Crippen LogP contribution is -2.63. The van der Waals surface area contributed by atoms with Crippen molar-refractivity contribution in [3.63, 3.8) is 0 Å². The number of aromatic nitrogens is 1. The summed E-state index contributed by atoms with van der Waals surface area (Å²) in [6, 6.07) is 12.1. The summed E-state index contributed by atoms with van der Waals surface area (Å²) >= 11 is 0. The van der Waals surface area contributed by atoms with Crippen molar-refractivity contribution in [2.24, 2.45) is 5.41 Å². The average molecular weight is 385 g/mol. The standard InChI is InChI=1S/C23H32N2O3/c1-17(2)18-6-8-19(9-7-18)23(26,22(3)15-25(4)16-22)20-10-11-24-21(14-20)28-13-12-27-5/h6-11,14,17,26H,12-13,15-16H2,1-5H3. The van der Waals surface area contributed by atoms with E-state index in [0.717, 1.165) is 24.2 Å². The number of methoxy groups -OCH3 is 1. The molecule has 1 unspecified atom stereocenters. The number of nitrogens with zero attached hydrogens (tertiary/aromatic N) is 2. The summed E-state index contributed by atoms with van der Waals surface area (Å²) in [5, 5.41) is 12.1. The van der Waals surface area contributed by atoms with Gasteiger partial charge in [0, 0.05) is 37.9 Å². The van der Waals surface area contributed by atoms with Crippen molar-refractivity contribution in [1.82, 2.24) is 9.88 Å². The molecule has 1 saturated heterocycles. The molecule has 1 atom stereocenters. The first-order valence-electron chi connectivity index (χ1n) is 9.90. The molecule has 1 fully saturated rings. The number of aliphatic hydroxyl groups is 1. The number of likely N-dealkylation sites (tertiary alicyclic amines) is 1. The van der Waals surface area contributed by atoms with Gasteiger partial charge in [-0.05, 0) is 35.7 Å². The van der Waals surface area contributed by atoms with Gasteiger partial charge < -0.3 is 19.5 Å². The normalized spacial score (nSPS) is 18.5. The number of hydrogen-bond acceptors (Lipinski definition) is 5. The SMILES string of the molecule is COCCOc1cc(C(O)(c2ccc(C(C)C)cc2)C2(C)CN(C)C2)ccn1. The van der Waals surface area contributed by atoms with Gasteiger partial charge in [0.1, 0.15) is 12.2 Å². The second-order valence-corrected chi connectivity index (χ2v) is 8.44. The predicted octanol–water partition coefficient (Wildman–Crippen LogP) is 3.42. The lowest BCUT2D eigenvalue weighted by atomic mass is 9.62. The van der Waals surface area contributed by atoms with E-state index in [0.29, 0.717) is 25.0 Å². The molecule has 2 heterocycles. The third-order valence-electron chi connectivity index (χ3n) is 5.80. The predicted molar refractivity (Wildman–Crippen MR) is 111 cm³/mol. The Bertz CT molecular complexity index is 785. The van der Waals surface area contributed by atoms with Crippen LogP contribution in [0.4, 0.5) is 0 Å². The highest BCUT2D eigenvalue weighted by atomic mass is 16.5. The van der Waals surface area contributed by atoms with E-state index in [9.17, 15) is 5.11 Å². The third kappa shape index (κ3) is 3.79. The molecule has 1 aromatic heterocycles. The van der Waals surface area contributed by atoms with Crippen molar-refractivity contribution in [1.29, 1.82) is 0 Å². The number of ether oxygens (including phenoxy) is 2. The average Bonchev–Trinajstić information content (AvgIpc) is 2.66. The number of rotatable bonds is 8. The fourth-order valence-electron chi connectivity index (χ4n) is 4.29. The van der Waals surface area contributed by atoms with Gasteiger partial charge in [0.25, 0.3) is 0 Å². The summed E-state index contributed by atoms with van der Waals surface area (Å²) < 4.78 is 10.7. The van der Waals surface area contributed by atoms with Crippen LogP contribution in [-0.4, -0.2) is 55.5 Å². The van der Waals surface area contributed by atoms with Gasteiger partial charge in [0.05, 0.1) is 6.61 Å². The monoisotopic (exact) mass is 384 g/mol. The first-order chi connectivity index (χ1) is 13.3. The zero-order valence-electron chi connectivity index (χ0n) is 17.6. The quantitative estimate of drug-likeness (QED) is 0.707. The van der Waals surface area contributed by atoms with Gasteiger partial charge in [0.2, 0.25) is 5.88 Å². The number of benzene rings is 1. The summed E-state index contributed by atoms with van der Waals surface area (Å²) in [6.45, 7) is 9.06. The van der Waals surface area contributed by atoms with Gasteiger partial charge in [-0.3, -0.25) is 0 Å². The molecule has 5 nitrogen and oxygen atoms in total. The molecule has 3 rings (SSSR count). The first-order valence-corrected chi connectivity index (χ1v) is 9.90. The van der Waals surface area contributed by atoms with Crippen LogP contribution in [0.3, 0.4) is 0 Å². The lowest BCUT2D eigenvalue weighted by molar-refractivity contribution is -0.127. The molecule has 0 saturated carbocycles. The van der Waals surface area contributed by atoms with E-state index in [2.05, 4.69) is 62.0 Å². The molecule has 0 aliphatic carbocycles. The van der Waals surface area contributed by atoms with E-state index < -0.39 is 5.60 Å². The topological polar surface area (TPSA) is 54.8 Å². The van der Waals surface area contributed by atoms with Crippen LogP contribution in [0.2, 0.25) is 0 Å². The Morgan fingerprint density at radius 1 is 1.14 bits per heavy atom. The van der Waals surface area contributed by atoms with Crippen LogP contribution >= 0.6 is 0 Å². The molecule has 1 aromatic carbocycles. The Morgan fingerprint density at radius 3 is 2.39 bits per heavy atom. The van der Waals surface area contributed by atoms with Crippen LogP contribution in [0, 0.1) is 5.41 Å². The molecular formula is C23H32N2O3. The molecule has 1 aliphatic heterocycles. The Hall–Kier alpha value is -1.95. The van der Waals surface area contributed by atoms with Crippen LogP contribution in [0.5, 0.6) is 5.88 Å². The second-order valence-electron chi connectivity index (χ2n) is 8.44. The van der Waals surface area contributed by atoms with Crippen molar-refractivity contribution in [3.8, 4) is 5.88 Å². The molecule has 0 radical (unpaired) electrons. The Morgan fingerprint density at radius 2 is 1.82 bits per heavy atom. The maximum atomic E-state index is 12.1. The van der Waals surface area contributed by atoms with Crippen LogP contribution in [0.15, 0.2) is 42.6 Å². The van der Waals surface area contributed by atoms with E-state index >= 15 is 0 Å². The Kier molecular flexibility index (Phi) is 6.08. The largest absolute Gasteiger partial charge is 0.475 e. The third-order valence-corrected chi connectivity index (χ3v) is 5.80. The van der Waals surface area contributed by atoms with Crippen molar-refractivity contribution >= 4 is 0 Å². The van der Waals surface area contributed by atoms with E-state index in [1.54, 1.807) is 13.3 Å². The maximum absolute atomic E-state index is 12.1. The van der Waals surface area contributed by atoms with E-state index in [-0.39, 0.29) is 5.41 Å². The summed E-state index contributed by atoms with van der Waals surface area (Å²) in [5.41, 5.74) is 1.55. The van der Waals surface area contributed by atoms with Crippen LogP contribution in [-0.2, 0) is 10.3 Å². The molecule has 152 valence electrons. The minimum Gasteiger partial charge on any atom is -0.475 e. The van der Waals surface area contributed by atoms with Crippen molar-refractivity contribution in [2.75, 3.05) is 40.5 Å². The van der Waals surface area contributed by atoms with Crippen molar-refractivity contribution in [2.45, 2.75) is 32.3 Å². The molecular weight excluding hydrogens is 352 g/mol. The van der Waals surface area contributed by atoms with Gasteiger partial charge in [-0.25, -0.2) is 4.98 Å². The molecule has 1 aliphatic rings. The highest BCUT2D eigenvalue weighted by Gasteiger charge is 2.55. The summed E-state index contributed by atoms with van der Waals surface area (Å²) in [4.78, 5) is 6.52. The van der Waals surface area contributed by atoms with Crippen molar-refractivity contribution in [3.05, 3.63) is 59.3 Å². The summed E-state index contributed by atoms with van der Waals surface area (Å²) in [6.07, 6.45) is 1.71. The smallest absolute Gasteiger partial charge is 0.213 e. The maximum Gasteiger partial charge on any atom is 0.213 e. The zero-order valence-corrected chi connectivity index (χ0v) is 17.6. The van der Waals surface area contributed by atoms with Crippen LogP contribution in [0.25, 0.3) is 0 Å². The molecule has 0 amide bonds. The van der Waals surface area contributed by atoms with Crippen molar-refractivity contribution < 1.29 is 14.6 Å². The summed E-state index contributed by atoms with van der Waals surface area (Å²) in [7, 11) is 3.72. The molecule has 28 heavy (non-hydrogen) atoms. The van der Waals surface area contributed by atoms with Gasteiger partial charge in [-0.2, -0.15) is 0 Å². The highest BCUT2D eigenvalue weighted by molar-refractivity contribution is 5.42. The molecule has 0 spiro atoms. The fourth-order valence-corrected chi connectivity index (χ4v) is 4.29. The van der Waals surface area contributed by atoms with E-state index in [1.165, 1.54) is 5.56 Å². The molecule has 0 bridgehead atoms. The molecule has 5 heteroatoms. The highest BCUT2D eigenvalue weighted by Crippen LogP contribution is 2.50. The van der Waals surface area contributed by atoms with Gasteiger partial charge in [-0.1, -0.05) is 45.0 Å². The minimum atomic E-state index is -1.13. The number of hydrogen-bond donors (Lipinski definition) is 1. The van der Waals surface area contributed by atoms with E-state index in [1.807, 2.05) is 12.1 Å². The van der Waals surface area contributed by atoms with E-state index in [4.69, 9.17) is 9.47 Å². The lowest BCUT2D eigenvalue weighted by Gasteiger charge is -2.56. The van der Waals surface area contributed by atoms with Crippen LogP contribution in [0.1, 0.15) is 43.4 Å². The molecule has 1 N–H and O–H groups in total. The van der Waals surface area contributed by atoms with Gasteiger partial charge in [-0.15, -0.1) is 0 Å². The van der Waals surface area contributed by atoms with Gasteiger partial charge >= 0.3 is 0 Å². The zero-order chi connectivity index (χ0) is 20.4. The summed E-state index contributed by atoms with van der Waals surface area (Å²) in [5.74, 6) is 0.956. The van der Waals surface area contributed by atoms with Crippen LogP contribution < -0.4 is 4.74 Å². The number of pyridine rings is 1.